The number of nitrogen functional groups attached to an aromatic ring is 1. The van der Waals surface area contributed by atoms with Crippen LogP contribution in [0.15, 0.2) is 0 Å². The van der Waals surface area contributed by atoms with Crippen LogP contribution in [0.25, 0.3) is 0 Å². The Hall–Kier alpha value is -0.610. The number of hydrogen-bond donors (Lipinski definition) is 2. The van der Waals surface area contributed by atoms with Crippen LogP contribution >= 0.6 is 11.3 Å². The van der Waals surface area contributed by atoms with Crippen molar-refractivity contribution in [1.29, 1.82) is 0 Å². The van der Waals surface area contributed by atoms with Crippen molar-refractivity contribution in [3.05, 3.63) is 10.6 Å². The van der Waals surface area contributed by atoms with Gasteiger partial charge in [-0.1, -0.05) is 6.92 Å². The zero-order valence-electron chi connectivity index (χ0n) is 10.1. The highest BCUT2D eigenvalue weighted by Gasteiger charge is 2.23. The lowest BCUT2D eigenvalue weighted by atomic mass is 9.84. The Morgan fingerprint density at radius 1 is 1.62 bits per heavy atom. The van der Waals surface area contributed by atoms with Gasteiger partial charge >= 0.3 is 0 Å². The largest absolute Gasteiger partial charge is 0.375 e. The molecule has 0 saturated heterocycles. The van der Waals surface area contributed by atoms with E-state index >= 15 is 0 Å². The fraction of sp³-hybridized carbons (Fsp3) is 0.750. The van der Waals surface area contributed by atoms with Crippen molar-refractivity contribution in [2.45, 2.75) is 32.6 Å². The average molecular weight is 239 g/mol. The smallest absolute Gasteiger partial charge is 0.180 e. The van der Waals surface area contributed by atoms with Crippen LogP contribution in [0.4, 0.5) is 5.13 Å². The standard InChI is InChI=1S/C12H21N3S/c1-8(7-14-2)5-9-3-4-11-10(6-9)15-12(13)16-11/h8-9,14H,3-7H2,1-2H3,(H2,13,15). The normalized spacial score (nSPS) is 21.8. The van der Waals surface area contributed by atoms with E-state index in [-0.39, 0.29) is 0 Å². The fourth-order valence-corrected chi connectivity index (χ4v) is 3.55. The van der Waals surface area contributed by atoms with Gasteiger partial charge in [0.1, 0.15) is 0 Å². The Morgan fingerprint density at radius 2 is 2.44 bits per heavy atom. The lowest BCUT2D eigenvalue weighted by Gasteiger charge is -2.24. The van der Waals surface area contributed by atoms with E-state index in [2.05, 4.69) is 17.2 Å². The van der Waals surface area contributed by atoms with E-state index in [0.717, 1.165) is 29.9 Å². The van der Waals surface area contributed by atoms with Crippen LogP contribution < -0.4 is 11.1 Å². The summed E-state index contributed by atoms with van der Waals surface area (Å²) in [6.07, 6.45) is 4.93. The molecule has 1 aliphatic carbocycles. The Bertz CT molecular complexity index is 348. The molecule has 2 unspecified atom stereocenters. The van der Waals surface area contributed by atoms with Crippen LogP contribution in [0.5, 0.6) is 0 Å². The van der Waals surface area contributed by atoms with Gasteiger partial charge in [-0.25, -0.2) is 4.98 Å². The van der Waals surface area contributed by atoms with Gasteiger partial charge < -0.3 is 11.1 Å². The summed E-state index contributed by atoms with van der Waals surface area (Å²) in [4.78, 5) is 5.86. The molecule has 4 heteroatoms. The van der Waals surface area contributed by atoms with Crippen molar-refractivity contribution >= 4 is 16.5 Å². The number of fused-ring (bicyclic) bond motifs is 1. The van der Waals surface area contributed by atoms with E-state index in [1.807, 2.05) is 7.05 Å². The van der Waals surface area contributed by atoms with Gasteiger partial charge in [-0.2, -0.15) is 0 Å². The second-order valence-electron chi connectivity index (χ2n) is 4.93. The minimum Gasteiger partial charge on any atom is -0.375 e. The number of anilines is 1. The van der Waals surface area contributed by atoms with Crippen molar-refractivity contribution in [1.82, 2.24) is 10.3 Å². The molecule has 3 N–H and O–H groups in total. The summed E-state index contributed by atoms with van der Waals surface area (Å²) in [5.74, 6) is 1.56. The molecule has 90 valence electrons. The molecule has 0 aromatic carbocycles. The molecule has 0 spiro atoms. The minimum absolute atomic E-state index is 0.744. The molecule has 1 aromatic rings. The fourth-order valence-electron chi connectivity index (χ4n) is 2.67. The van der Waals surface area contributed by atoms with E-state index in [0.29, 0.717) is 0 Å². The summed E-state index contributed by atoms with van der Waals surface area (Å²) >= 11 is 1.68. The van der Waals surface area contributed by atoms with Crippen LogP contribution in [0.2, 0.25) is 0 Å². The van der Waals surface area contributed by atoms with Gasteiger partial charge in [0, 0.05) is 4.88 Å². The number of nitrogens with zero attached hydrogens (tertiary/aromatic N) is 1. The molecule has 0 aliphatic heterocycles. The maximum Gasteiger partial charge on any atom is 0.180 e. The van der Waals surface area contributed by atoms with Crippen molar-refractivity contribution < 1.29 is 0 Å². The molecule has 0 fully saturated rings. The third-order valence-electron chi connectivity index (χ3n) is 3.34. The molecule has 1 aromatic heterocycles. The van der Waals surface area contributed by atoms with E-state index in [1.54, 1.807) is 11.3 Å². The summed E-state index contributed by atoms with van der Waals surface area (Å²) in [6, 6.07) is 0. The molecular formula is C12H21N3S. The van der Waals surface area contributed by atoms with Gasteiger partial charge in [-0.05, 0) is 51.1 Å². The summed E-state index contributed by atoms with van der Waals surface area (Å²) in [7, 11) is 2.02. The Morgan fingerprint density at radius 3 is 3.19 bits per heavy atom. The van der Waals surface area contributed by atoms with Gasteiger partial charge in [0.05, 0.1) is 5.69 Å². The highest BCUT2D eigenvalue weighted by molar-refractivity contribution is 7.15. The van der Waals surface area contributed by atoms with Crippen LogP contribution in [-0.2, 0) is 12.8 Å². The van der Waals surface area contributed by atoms with Gasteiger partial charge in [0.25, 0.3) is 0 Å². The topological polar surface area (TPSA) is 50.9 Å². The number of thiazole rings is 1. The van der Waals surface area contributed by atoms with Gasteiger partial charge in [-0.15, -0.1) is 11.3 Å². The number of nitrogens with two attached hydrogens (primary N) is 1. The van der Waals surface area contributed by atoms with Crippen LogP contribution in [0.1, 0.15) is 30.3 Å². The van der Waals surface area contributed by atoms with Crippen LogP contribution in [-0.4, -0.2) is 18.6 Å². The lowest BCUT2D eigenvalue weighted by molar-refractivity contribution is 0.348. The number of hydrogen-bond acceptors (Lipinski definition) is 4. The van der Waals surface area contributed by atoms with E-state index in [9.17, 15) is 0 Å². The lowest BCUT2D eigenvalue weighted by Crippen LogP contribution is -2.22. The summed E-state index contributed by atoms with van der Waals surface area (Å²) in [6.45, 7) is 3.43. The highest BCUT2D eigenvalue weighted by atomic mass is 32.1. The van der Waals surface area contributed by atoms with Gasteiger partial charge in [-0.3, -0.25) is 0 Å². The monoisotopic (exact) mass is 239 g/mol. The van der Waals surface area contributed by atoms with Crippen molar-refractivity contribution in [2.24, 2.45) is 11.8 Å². The van der Waals surface area contributed by atoms with E-state index < -0.39 is 0 Å². The number of nitrogens with one attached hydrogen (secondary N) is 1. The molecular weight excluding hydrogens is 218 g/mol. The van der Waals surface area contributed by atoms with Crippen LogP contribution in [0.3, 0.4) is 0 Å². The average Bonchev–Trinajstić information content (AvgIpc) is 2.57. The van der Waals surface area contributed by atoms with Crippen molar-refractivity contribution in [3.63, 3.8) is 0 Å². The second-order valence-corrected chi connectivity index (χ2v) is 6.04. The zero-order chi connectivity index (χ0) is 11.5. The zero-order valence-corrected chi connectivity index (χ0v) is 10.9. The first-order valence-electron chi connectivity index (χ1n) is 6.07. The molecule has 1 heterocycles. The van der Waals surface area contributed by atoms with Crippen LogP contribution in [0, 0.1) is 11.8 Å². The quantitative estimate of drug-likeness (QED) is 0.846. The molecule has 2 atom stereocenters. The first kappa shape index (κ1) is 11.9. The Labute approximate surface area is 101 Å². The maximum atomic E-state index is 5.75. The highest BCUT2D eigenvalue weighted by Crippen LogP contribution is 2.33. The molecule has 0 saturated carbocycles. The second kappa shape index (κ2) is 5.15. The van der Waals surface area contributed by atoms with Gasteiger partial charge in [0.2, 0.25) is 0 Å². The molecule has 16 heavy (non-hydrogen) atoms. The van der Waals surface area contributed by atoms with Crippen molar-refractivity contribution in [2.75, 3.05) is 19.3 Å². The predicted octanol–water partition coefficient (Wildman–Crippen LogP) is 2.08. The minimum atomic E-state index is 0.744. The SMILES string of the molecule is CNCC(C)CC1CCc2sc(N)nc2C1. The predicted molar refractivity (Wildman–Crippen MR) is 69.7 cm³/mol. The maximum absolute atomic E-state index is 5.75. The van der Waals surface area contributed by atoms with E-state index in [1.165, 1.54) is 29.8 Å². The third kappa shape index (κ3) is 2.74. The van der Waals surface area contributed by atoms with Crippen molar-refractivity contribution in [3.8, 4) is 0 Å². The molecule has 2 rings (SSSR count). The molecule has 0 bridgehead atoms. The summed E-state index contributed by atoms with van der Waals surface area (Å²) < 4.78 is 0. The van der Waals surface area contributed by atoms with Gasteiger partial charge in [0.15, 0.2) is 5.13 Å². The third-order valence-corrected chi connectivity index (χ3v) is 4.33. The number of aromatic nitrogens is 1. The molecule has 0 amide bonds. The summed E-state index contributed by atoms with van der Waals surface area (Å²) in [5, 5.41) is 3.99. The Kier molecular flexibility index (Phi) is 3.82. The first-order valence-corrected chi connectivity index (χ1v) is 6.89. The summed E-state index contributed by atoms with van der Waals surface area (Å²) in [5.41, 5.74) is 7.02. The molecule has 0 radical (unpaired) electrons. The molecule has 1 aliphatic rings. The van der Waals surface area contributed by atoms with E-state index in [4.69, 9.17) is 5.73 Å². The Balaban J connectivity index is 1.92. The number of rotatable bonds is 4. The first-order chi connectivity index (χ1) is 7.69. The number of aryl methyl sites for hydroxylation is 1. The molecule has 3 nitrogen and oxygen atoms in total.